The number of benzene rings is 2. The standard InChI is InChI=1S/C22H18F2N4O/c23-17-8-18(24)10-19(9-17)29-21-5-6-25-11-16-7-14(1-3-20(16)21)15-2-4-22-26-13-27-28(22)12-15/h1-4,7-10,12-13,21,25H,5-6,11H2. The first-order chi connectivity index (χ1) is 14.2. The lowest BCUT2D eigenvalue weighted by Gasteiger charge is -2.20. The number of nitrogens with one attached hydrogen (secondary N) is 1. The van der Waals surface area contributed by atoms with Gasteiger partial charge >= 0.3 is 0 Å². The number of halogens is 2. The van der Waals surface area contributed by atoms with Crippen LogP contribution >= 0.6 is 0 Å². The van der Waals surface area contributed by atoms with Gasteiger partial charge in [0.15, 0.2) is 5.65 Å². The van der Waals surface area contributed by atoms with E-state index in [0.717, 1.165) is 40.5 Å². The number of nitrogens with zero attached hydrogens (tertiary/aromatic N) is 3. The predicted octanol–water partition coefficient (Wildman–Crippen LogP) is 4.29. The Hall–Kier alpha value is -3.32. The molecule has 1 atom stereocenters. The van der Waals surface area contributed by atoms with Gasteiger partial charge in [0.2, 0.25) is 0 Å². The summed E-state index contributed by atoms with van der Waals surface area (Å²) in [6, 6.07) is 13.4. The first-order valence-electron chi connectivity index (χ1n) is 9.42. The van der Waals surface area contributed by atoms with Crippen LogP contribution < -0.4 is 10.1 Å². The van der Waals surface area contributed by atoms with Crippen molar-refractivity contribution in [3.05, 3.63) is 83.8 Å². The number of rotatable bonds is 3. The number of hydrogen-bond acceptors (Lipinski definition) is 4. The van der Waals surface area contributed by atoms with Gasteiger partial charge in [0, 0.05) is 42.9 Å². The molecule has 0 spiro atoms. The minimum Gasteiger partial charge on any atom is -0.485 e. The van der Waals surface area contributed by atoms with E-state index in [1.165, 1.54) is 18.5 Å². The molecule has 4 aromatic rings. The number of hydrogen-bond donors (Lipinski definition) is 1. The van der Waals surface area contributed by atoms with Gasteiger partial charge in [0.1, 0.15) is 29.8 Å². The monoisotopic (exact) mass is 392 g/mol. The summed E-state index contributed by atoms with van der Waals surface area (Å²) in [5.41, 5.74) is 4.99. The summed E-state index contributed by atoms with van der Waals surface area (Å²) < 4.78 is 34.8. The lowest BCUT2D eigenvalue weighted by Crippen LogP contribution is -2.14. The number of aromatic nitrogens is 3. The van der Waals surface area contributed by atoms with Gasteiger partial charge < -0.3 is 10.1 Å². The zero-order valence-corrected chi connectivity index (χ0v) is 15.5. The van der Waals surface area contributed by atoms with E-state index < -0.39 is 11.6 Å². The molecule has 5 rings (SSSR count). The van der Waals surface area contributed by atoms with Crippen LogP contribution in [0.4, 0.5) is 8.78 Å². The minimum atomic E-state index is -0.647. The van der Waals surface area contributed by atoms with Gasteiger partial charge in [-0.1, -0.05) is 12.1 Å². The summed E-state index contributed by atoms with van der Waals surface area (Å²) in [4.78, 5) is 4.17. The van der Waals surface area contributed by atoms with Crippen LogP contribution in [-0.2, 0) is 6.54 Å². The third kappa shape index (κ3) is 3.56. The van der Waals surface area contributed by atoms with Crippen LogP contribution in [0.15, 0.2) is 61.1 Å². The number of ether oxygens (including phenoxy) is 1. The van der Waals surface area contributed by atoms with Gasteiger partial charge in [0.05, 0.1) is 0 Å². The Morgan fingerprint density at radius 1 is 1.00 bits per heavy atom. The van der Waals surface area contributed by atoms with E-state index in [4.69, 9.17) is 4.74 Å². The van der Waals surface area contributed by atoms with Gasteiger partial charge in [-0.3, -0.25) is 0 Å². The summed E-state index contributed by atoms with van der Waals surface area (Å²) >= 11 is 0. The van der Waals surface area contributed by atoms with E-state index in [1.54, 1.807) is 4.52 Å². The molecule has 2 aromatic heterocycles. The van der Waals surface area contributed by atoms with E-state index in [-0.39, 0.29) is 11.9 Å². The van der Waals surface area contributed by atoms with Crippen LogP contribution in [0.3, 0.4) is 0 Å². The van der Waals surface area contributed by atoms with Gasteiger partial charge in [-0.25, -0.2) is 18.3 Å². The molecule has 0 radical (unpaired) electrons. The van der Waals surface area contributed by atoms with Gasteiger partial charge in [-0.05, 0) is 41.4 Å². The van der Waals surface area contributed by atoms with Crippen molar-refractivity contribution in [1.29, 1.82) is 0 Å². The average molecular weight is 392 g/mol. The van der Waals surface area contributed by atoms with E-state index in [1.807, 2.05) is 30.5 Å². The van der Waals surface area contributed by atoms with Crippen molar-refractivity contribution >= 4 is 5.65 Å². The van der Waals surface area contributed by atoms with E-state index in [0.29, 0.717) is 13.0 Å². The molecule has 1 unspecified atom stereocenters. The van der Waals surface area contributed by atoms with Crippen molar-refractivity contribution in [3.63, 3.8) is 0 Å². The summed E-state index contributed by atoms with van der Waals surface area (Å²) in [7, 11) is 0. The molecule has 0 amide bonds. The Labute approximate surface area is 166 Å². The van der Waals surface area contributed by atoms with Crippen molar-refractivity contribution in [2.45, 2.75) is 19.1 Å². The zero-order valence-electron chi connectivity index (χ0n) is 15.5. The summed E-state index contributed by atoms with van der Waals surface area (Å²) in [5.74, 6) is -1.10. The highest BCUT2D eigenvalue weighted by Crippen LogP contribution is 2.32. The molecule has 0 aliphatic carbocycles. The van der Waals surface area contributed by atoms with Crippen molar-refractivity contribution in [3.8, 4) is 16.9 Å². The summed E-state index contributed by atoms with van der Waals surface area (Å²) in [6.07, 6.45) is 3.89. The quantitative estimate of drug-likeness (QED) is 0.565. The largest absolute Gasteiger partial charge is 0.485 e. The average Bonchev–Trinajstić information content (AvgIpc) is 3.08. The second-order valence-electron chi connectivity index (χ2n) is 7.07. The predicted molar refractivity (Wildman–Crippen MR) is 104 cm³/mol. The fourth-order valence-corrected chi connectivity index (χ4v) is 3.74. The van der Waals surface area contributed by atoms with Crippen LogP contribution in [0.25, 0.3) is 16.8 Å². The first-order valence-corrected chi connectivity index (χ1v) is 9.42. The Morgan fingerprint density at radius 2 is 1.83 bits per heavy atom. The fourth-order valence-electron chi connectivity index (χ4n) is 3.74. The van der Waals surface area contributed by atoms with Crippen LogP contribution in [0.1, 0.15) is 23.7 Å². The molecule has 2 aromatic carbocycles. The molecule has 7 heteroatoms. The highest BCUT2D eigenvalue weighted by molar-refractivity contribution is 5.66. The molecule has 0 saturated heterocycles. The number of fused-ring (bicyclic) bond motifs is 2. The van der Waals surface area contributed by atoms with Crippen molar-refractivity contribution in [2.24, 2.45) is 0 Å². The molecule has 1 aliphatic heterocycles. The second kappa shape index (κ2) is 7.25. The molecular formula is C22H18F2N4O. The third-order valence-corrected chi connectivity index (χ3v) is 5.11. The normalized spacial score (nSPS) is 16.4. The lowest BCUT2D eigenvalue weighted by atomic mass is 9.96. The lowest BCUT2D eigenvalue weighted by molar-refractivity contribution is 0.196. The third-order valence-electron chi connectivity index (χ3n) is 5.11. The Kier molecular flexibility index (Phi) is 4.44. The molecule has 3 heterocycles. The van der Waals surface area contributed by atoms with E-state index in [2.05, 4.69) is 21.5 Å². The van der Waals surface area contributed by atoms with Gasteiger partial charge in [-0.2, -0.15) is 5.10 Å². The van der Waals surface area contributed by atoms with Crippen LogP contribution in [0, 0.1) is 11.6 Å². The molecular weight excluding hydrogens is 374 g/mol. The topological polar surface area (TPSA) is 51.5 Å². The minimum absolute atomic E-state index is 0.195. The van der Waals surface area contributed by atoms with Gasteiger partial charge in [-0.15, -0.1) is 0 Å². The van der Waals surface area contributed by atoms with Crippen molar-refractivity contribution < 1.29 is 13.5 Å². The Bertz CT molecular complexity index is 1170. The molecule has 1 N–H and O–H groups in total. The summed E-state index contributed by atoms with van der Waals surface area (Å²) in [5, 5.41) is 7.58. The summed E-state index contributed by atoms with van der Waals surface area (Å²) in [6.45, 7) is 1.45. The van der Waals surface area contributed by atoms with Crippen LogP contribution in [0.5, 0.6) is 5.75 Å². The fraction of sp³-hybridized carbons (Fsp3) is 0.182. The van der Waals surface area contributed by atoms with E-state index in [9.17, 15) is 8.78 Å². The highest BCUT2D eigenvalue weighted by Gasteiger charge is 2.21. The Morgan fingerprint density at radius 3 is 2.69 bits per heavy atom. The molecule has 0 bridgehead atoms. The number of pyridine rings is 1. The molecule has 29 heavy (non-hydrogen) atoms. The maximum absolute atomic E-state index is 13.5. The maximum Gasteiger partial charge on any atom is 0.155 e. The maximum atomic E-state index is 13.5. The van der Waals surface area contributed by atoms with E-state index >= 15 is 0 Å². The van der Waals surface area contributed by atoms with Crippen molar-refractivity contribution in [2.75, 3.05) is 6.54 Å². The van der Waals surface area contributed by atoms with Crippen LogP contribution in [0.2, 0.25) is 0 Å². The van der Waals surface area contributed by atoms with Crippen LogP contribution in [-0.4, -0.2) is 21.1 Å². The SMILES string of the molecule is Fc1cc(F)cc(OC2CCNCc3cc(-c4ccc5ncnn5c4)ccc32)c1. The zero-order chi connectivity index (χ0) is 19.8. The molecule has 0 saturated carbocycles. The molecule has 146 valence electrons. The molecule has 0 fully saturated rings. The molecule has 5 nitrogen and oxygen atoms in total. The smallest absolute Gasteiger partial charge is 0.155 e. The second-order valence-corrected chi connectivity index (χ2v) is 7.07. The molecule has 1 aliphatic rings. The highest BCUT2D eigenvalue weighted by atomic mass is 19.1. The van der Waals surface area contributed by atoms with Gasteiger partial charge in [0.25, 0.3) is 0 Å². The van der Waals surface area contributed by atoms with Crippen molar-refractivity contribution in [1.82, 2.24) is 19.9 Å². The first kappa shape index (κ1) is 17.8. The Balaban J connectivity index is 1.49.